The lowest BCUT2D eigenvalue weighted by molar-refractivity contribution is -0.124. The fourth-order valence-corrected chi connectivity index (χ4v) is 2.39. The Balaban J connectivity index is 2.08. The average molecular weight is 341 g/mol. The Morgan fingerprint density at radius 1 is 1.42 bits per heavy atom. The number of hydrogen-bond donors (Lipinski definition) is 0. The van der Waals surface area contributed by atoms with E-state index in [0.29, 0.717) is 10.6 Å². The van der Waals surface area contributed by atoms with Gasteiger partial charge in [0.25, 0.3) is 5.91 Å². The SMILES string of the molecule is C[C@H](Oc1ccc(Br)cc1)C(=O)N=c1sccn1C. The maximum Gasteiger partial charge on any atom is 0.289 e. The summed E-state index contributed by atoms with van der Waals surface area (Å²) < 4.78 is 8.32. The van der Waals surface area contributed by atoms with Crippen molar-refractivity contribution >= 4 is 33.2 Å². The van der Waals surface area contributed by atoms with E-state index in [0.717, 1.165) is 4.47 Å². The van der Waals surface area contributed by atoms with Crippen LogP contribution >= 0.6 is 27.3 Å². The molecule has 0 spiro atoms. The fourth-order valence-electron chi connectivity index (χ4n) is 1.39. The molecule has 0 saturated carbocycles. The number of benzene rings is 1. The average Bonchev–Trinajstić information content (AvgIpc) is 2.78. The van der Waals surface area contributed by atoms with Crippen molar-refractivity contribution in [2.24, 2.45) is 12.0 Å². The van der Waals surface area contributed by atoms with E-state index < -0.39 is 6.10 Å². The van der Waals surface area contributed by atoms with E-state index in [1.165, 1.54) is 11.3 Å². The van der Waals surface area contributed by atoms with E-state index in [1.807, 2.05) is 30.8 Å². The van der Waals surface area contributed by atoms with Crippen molar-refractivity contribution in [2.45, 2.75) is 13.0 Å². The number of rotatable bonds is 3. The lowest BCUT2D eigenvalue weighted by atomic mass is 10.3. The Hall–Kier alpha value is -1.40. The summed E-state index contributed by atoms with van der Waals surface area (Å²) in [4.78, 5) is 16.6. The number of nitrogens with zero attached hydrogens (tertiary/aromatic N) is 2. The number of aromatic nitrogens is 1. The van der Waals surface area contributed by atoms with Gasteiger partial charge in [0.2, 0.25) is 0 Å². The zero-order valence-electron chi connectivity index (χ0n) is 10.5. The molecule has 0 radical (unpaired) electrons. The molecule has 0 saturated heterocycles. The highest BCUT2D eigenvalue weighted by atomic mass is 79.9. The molecule has 0 N–H and O–H groups in total. The van der Waals surface area contributed by atoms with Gasteiger partial charge in [0.1, 0.15) is 5.75 Å². The lowest BCUT2D eigenvalue weighted by Crippen LogP contribution is -2.25. The van der Waals surface area contributed by atoms with Crippen LogP contribution in [0.5, 0.6) is 5.75 Å². The highest BCUT2D eigenvalue weighted by molar-refractivity contribution is 9.10. The summed E-state index contributed by atoms with van der Waals surface area (Å²) in [5.41, 5.74) is 0. The molecule has 0 aliphatic heterocycles. The molecule has 1 atom stereocenters. The first kappa shape index (κ1) is 14.0. The van der Waals surface area contributed by atoms with Crippen molar-refractivity contribution in [2.75, 3.05) is 0 Å². The second kappa shape index (κ2) is 6.16. The summed E-state index contributed by atoms with van der Waals surface area (Å²) in [5.74, 6) is 0.357. The number of ether oxygens (including phenoxy) is 1. The molecule has 0 aliphatic carbocycles. The molecule has 100 valence electrons. The van der Waals surface area contributed by atoms with Crippen LogP contribution in [0.3, 0.4) is 0 Å². The van der Waals surface area contributed by atoms with Gasteiger partial charge in [-0.1, -0.05) is 15.9 Å². The standard InChI is InChI=1S/C13H13BrN2O2S/c1-9(18-11-5-3-10(14)4-6-11)12(17)15-13-16(2)7-8-19-13/h3-9H,1-2H3/t9-/m0/s1. The molecule has 4 nitrogen and oxygen atoms in total. The topological polar surface area (TPSA) is 43.6 Å². The lowest BCUT2D eigenvalue weighted by Gasteiger charge is -2.10. The van der Waals surface area contributed by atoms with E-state index in [2.05, 4.69) is 20.9 Å². The molecule has 2 rings (SSSR count). The van der Waals surface area contributed by atoms with Gasteiger partial charge in [-0.25, -0.2) is 0 Å². The van der Waals surface area contributed by atoms with Crippen LogP contribution < -0.4 is 9.54 Å². The number of thiazole rings is 1. The third-order valence-electron chi connectivity index (χ3n) is 2.44. The Morgan fingerprint density at radius 3 is 2.68 bits per heavy atom. The Bertz CT molecular complexity index is 631. The molecule has 1 aromatic carbocycles. The predicted molar refractivity (Wildman–Crippen MR) is 78.1 cm³/mol. The first-order chi connectivity index (χ1) is 9.06. The van der Waals surface area contributed by atoms with Gasteiger partial charge in [0.15, 0.2) is 10.9 Å². The number of carbonyl (C=O) groups is 1. The normalized spacial score (nSPS) is 13.3. The van der Waals surface area contributed by atoms with Gasteiger partial charge in [0, 0.05) is 23.1 Å². The summed E-state index contributed by atoms with van der Waals surface area (Å²) in [6.45, 7) is 1.70. The third kappa shape index (κ3) is 3.78. The molecule has 1 amide bonds. The quantitative estimate of drug-likeness (QED) is 0.862. The molecule has 1 heterocycles. The van der Waals surface area contributed by atoms with Crippen LogP contribution in [0.25, 0.3) is 0 Å². The van der Waals surface area contributed by atoms with Crippen LogP contribution in [0.1, 0.15) is 6.92 Å². The fraction of sp³-hybridized carbons (Fsp3) is 0.231. The van der Waals surface area contributed by atoms with Crippen molar-refractivity contribution in [1.29, 1.82) is 0 Å². The maximum absolute atomic E-state index is 11.9. The van der Waals surface area contributed by atoms with Crippen molar-refractivity contribution in [3.63, 3.8) is 0 Å². The van der Waals surface area contributed by atoms with Crippen LogP contribution in [0.15, 0.2) is 45.3 Å². The second-order valence-corrected chi connectivity index (χ2v) is 5.75. The molecule has 1 aromatic heterocycles. The van der Waals surface area contributed by atoms with Crippen molar-refractivity contribution < 1.29 is 9.53 Å². The molecule has 2 aromatic rings. The first-order valence-electron chi connectivity index (χ1n) is 5.67. The van der Waals surface area contributed by atoms with E-state index >= 15 is 0 Å². The van der Waals surface area contributed by atoms with Crippen LogP contribution in [0, 0.1) is 0 Å². The van der Waals surface area contributed by atoms with Crippen molar-refractivity contribution in [3.05, 3.63) is 45.1 Å². The molecular formula is C13H13BrN2O2S. The van der Waals surface area contributed by atoms with Gasteiger partial charge >= 0.3 is 0 Å². The van der Waals surface area contributed by atoms with Gasteiger partial charge in [-0.15, -0.1) is 11.3 Å². The van der Waals surface area contributed by atoms with Gasteiger partial charge < -0.3 is 9.30 Å². The van der Waals surface area contributed by atoms with E-state index in [4.69, 9.17) is 4.74 Å². The number of hydrogen-bond acceptors (Lipinski definition) is 3. The highest BCUT2D eigenvalue weighted by Crippen LogP contribution is 2.17. The van der Waals surface area contributed by atoms with Gasteiger partial charge in [-0.2, -0.15) is 4.99 Å². The molecule has 0 aliphatic rings. The van der Waals surface area contributed by atoms with E-state index in [9.17, 15) is 4.79 Å². The van der Waals surface area contributed by atoms with E-state index in [1.54, 1.807) is 23.6 Å². The Labute approximate surface area is 123 Å². The summed E-state index contributed by atoms with van der Waals surface area (Å²) in [6, 6.07) is 7.34. The molecule has 0 unspecified atom stereocenters. The molecular weight excluding hydrogens is 328 g/mol. The van der Waals surface area contributed by atoms with Gasteiger partial charge in [-0.3, -0.25) is 4.79 Å². The van der Waals surface area contributed by atoms with Crippen LogP contribution in [-0.4, -0.2) is 16.6 Å². The number of halogens is 1. The Morgan fingerprint density at radius 2 is 2.11 bits per heavy atom. The minimum atomic E-state index is -0.608. The number of amides is 1. The van der Waals surface area contributed by atoms with Crippen LogP contribution in [-0.2, 0) is 11.8 Å². The minimum Gasteiger partial charge on any atom is -0.481 e. The second-order valence-electron chi connectivity index (χ2n) is 3.96. The molecule has 0 bridgehead atoms. The largest absolute Gasteiger partial charge is 0.481 e. The molecule has 0 fully saturated rings. The van der Waals surface area contributed by atoms with Crippen molar-refractivity contribution in [1.82, 2.24) is 4.57 Å². The monoisotopic (exact) mass is 340 g/mol. The number of aryl methyl sites for hydroxylation is 1. The zero-order chi connectivity index (χ0) is 13.8. The van der Waals surface area contributed by atoms with Crippen molar-refractivity contribution in [3.8, 4) is 5.75 Å². The number of carbonyl (C=O) groups excluding carboxylic acids is 1. The Kier molecular flexibility index (Phi) is 4.55. The highest BCUT2D eigenvalue weighted by Gasteiger charge is 2.13. The van der Waals surface area contributed by atoms with Crippen LogP contribution in [0.2, 0.25) is 0 Å². The zero-order valence-corrected chi connectivity index (χ0v) is 12.9. The van der Waals surface area contributed by atoms with E-state index in [-0.39, 0.29) is 5.91 Å². The summed E-state index contributed by atoms with van der Waals surface area (Å²) in [5, 5.41) is 1.88. The smallest absolute Gasteiger partial charge is 0.289 e. The molecule has 6 heteroatoms. The van der Waals surface area contributed by atoms with Crippen LogP contribution in [0.4, 0.5) is 0 Å². The summed E-state index contributed by atoms with van der Waals surface area (Å²) >= 11 is 4.76. The third-order valence-corrected chi connectivity index (χ3v) is 3.82. The van der Waals surface area contributed by atoms with Gasteiger partial charge in [-0.05, 0) is 31.2 Å². The maximum atomic E-state index is 11.9. The predicted octanol–water partition coefficient (Wildman–Crippen LogP) is 2.74. The summed E-state index contributed by atoms with van der Waals surface area (Å²) in [6.07, 6.45) is 1.25. The first-order valence-corrected chi connectivity index (χ1v) is 7.34. The van der Waals surface area contributed by atoms with Gasteiger partial charge in [0.05, 0.1) is 0 Å². The summed E-state index contributed by atoms with van der Waals surface area (Å²) in [7, 11) is 1.85. The minimum absolute atomic E-state index is 0.291. The molecule has 19 heavy (non-hydrogen) atoms.